The van der Waals surface area contributed by atoms with Crippen molar-refractivity contribution in [2.45, 2.75) is 58.6 Å². The molecule has 0 spiro atoms. The molecule has 1 heterocycles. The summed E-state index contributed by atoms with van der Waals surface area (Å²) in [5.74, 6) is 1.51. The van der Waals surface area contributed by atoms with E-state index in [0.29, 0.717) is 11.9 Å². The van der Waals surface area contributed by atoms with Crippen LogP contribution in [0.3, 0.4) is 0 Å². The highest BCUT2D eigenvalue weighted by Gasteiger charge is 2.31. The maximum absolute atomic E-state index is 5.62. The lowest BCUT2D eigenvalue weighted by Crippen LogP contribution is -2.34. The zero-order valence-electron chi connectivity index (χ0n) is 12.2. The average Bonchev–Trinajstić information content (AvgIpc) is 3.18. The molecule has 0 aromatic carbocycles. The standard InChI is InChI=1S/C15H25N3O/c1-4-7-16-14(12-5-6-12)8-13-9-15(18-10-17-13)19-11(2)3/h9-12,14,16H,4-8H2,1-3H3. The van der Waals surface area contributed by atoms with Gasteiger partial charge in [-0.05, 0) is 45.6 Å². The molecular formula is C15H25N3O. The van der Waals surface area contributed by atoms with Crippen molar-refractivity contribution in [3.05, 3.63) is 18.1 Å². The lowest BCUT2D eigenvalue weighted by Gasteiger charge is -2.17. The topological polar surface area (TPSA) is 47.0 Å². The van der Waals surface area contributed by atoms with Gasteiger partial charge in [-0.2, -0.15) is 0 Å². The first-order chi connectivity index (χ1) is 9.19. The molecule has 1 aromatic rings. The van der Waals surface area contributed by atoms with E-state index in [2.05, 4.69) is 22.2 Å². The number of hydrogen-bond donors (Lipinski definition) is 1. The van der Waals surface area contributed by atoms with E-state index in [9.17, 15) is 0 Å². The van der Waals surface area contributed by atoms with Gasteiger partial charge in [0.15, 0.2) is 0 Å². The molecular weight excluding hydrogens is 238 g/mol. The Hall–Kier alpha value is -1.16. The highest BCUT2D eigenvalue weighted by atomic mass is 16.5. The number of hydrogen-bond acceptors (Lipinski definition) is 4. The average molecular weight is 263 g/mol. The number of nitrogens with one attached hydrogen (secondary N) is 1. The third-order valence-electron chi connectivity index (χ3n) is 3.33. The Balaban J connectivity index is 1.95. The molecule has 1 aliphatic carbocycles. The van der Waals surface area contributed by atoms with Crippen LogP contribution in [0.2, 0.25) is 0 Å². The van der Waals surface area contributed by atoms with Gasteiger partial charge < -0.3 is 10.1 Å². The lowest BCUT2D eigenvalue weighted by molar-refractivity contribution is 0.231. The van der Waals surface area contributed by atoms with E-state index in [-0.39, 0.29) is 6.10 Å². The predicted octanol–water partition coefficient (Wildman–Crippen LogP) is 2.58. The number of nitrogens with zero attached hydrogens (tertiary/aromatic N) is 2. The molecule has 0 amide bonds. The minimum absolute atomic E-state index is 0.153. The third kappa shape index (κ3) is 4.78. The first kappa shape index (κ1) is 14.3. The quantitative estimate of drug-likeness (QED) is 0.783. The van der Waals surface area contributed by atoms with Crippen LogP contribution in [0.4, 0.5) is 0 Å². The molecule has 106 valence electrons. The normalized spacial score (nSPS) is 16.6. The Morgan fingerprint density at radius 3 is 2.79 bits per heavy atom. The Labute approximate surface area is 116 Å². The summed E-state index contributed by atoms with van der Waals surface area (Å²) in [5.41, 5.74) is 1.08. The predicted molar refractivity (Wildman–Crippen MR) is 76.3 cm³/mol. The van der Waals surface area contributed by atoms with Crippen LogP contribution in [0, 0.1) is 5.92 Å². The fraction of sp³-hybridized carbons (Fsp3) is 0.733. The van der Waals surface area contributed by atoms with E-state index in [0.717, 1.165) is 24.6 Å². The number of ether oxygens (including phenoxy) is 1. The Morgan fingerprint density at radius 2 is 2.16 bits per heavy atom. The van der Waals surface area contributed by atoms with Crippen LogP contribution in [0.1, 0.15) is 45.7 Å². The molecule has 1 aliphatic rings. The first-order valence-electron chi connectivity index (χ1n) is 7.40. The van der Waals surface area contributed by atoms with Gasteiger partial charge in [-0.3, -0.25) is 0 Å². The molecule has 4 nitrogen and oxygen atoms in total. The van der Waals surface area contributed by atoms with Crippen LogP contribution in [0.15, 0.2) is 12.4 Å². The molecule has 19 heavy (non-hydrogen) atoms. The maximum Gasteiger partial charge on any atom is 0.216 e. The molecule has 4 heteroatoms. The summed E-state index contributed by atoms with van der Waals surface area (Å²) in [6, 6.07) is 2.53. The van der Waals surface area contributed by atoms with E-state index in [1.54, 1.807) is 6.33 Å². The van der Waals surface area contributed by atoms with E-state index in [1.807, 2.05) is 19.9 Å². The molecule has 1 atom stereocenters. The van der Waals surface area contributed by atoms with Crippen molar-refractivity contribution in [3.63, 3.8) is 0 Å². The molecule has 2 rings (SSSR count). The van der Waals surface area contributed by atoms with Gasteiger partial charge in [0.05, 0.1) is 6.10 Å². The van der Waals surface area contributed by atoms with Gasteiger partial charge in [0.2, 0.25) is 5.88 Å². The summed E-state index contributed by atoms with van der Waals surface area (Å²) in [6.45, 7) is 7.31. The Kier molecular flexibility index (Phi) is 5.14. The molecule has 0 aliphatic heterocycles. The van der Waals surface area contributed by atoms with E-state index in [1.165, 1.54) is 19.3 Å². The smallest absolute Gasteiger partial charge is 0.216 e. The van der Waals surface area contributed by atoms with Crippen LogP contribution in [-0.4, -0.2) is 28.7 Å². The second kappa shape index (κ2) is 6.85. The van der Waals surface area contributed by atoms with Gasteiger partial charge in [-0.15, -0.1) is 0 Å². The van der Waals surface area contributed by atoms with E-state index < -0.39 is 0 Å². The summed E-state index contributed by atoms with van der Waals surface area (Å²) in [4.78, 5) is 8.53. The second-order valence-corrected chi connectivity index (χ2v) is 5.62. The molecule has 0 radical (unpaired) electrons. The van der Waals surface area contributed by atoms with Crippen molar-refractivity contribution in [1.82, 2.24) is 15.3 Å². The summed E-state index contributed by atoms with van der Waals surface area (Å²) in [6.07, 6.45) is 6.61. The van der Waals surface area contributed by atoms with E-state index >= 15 is 0 Å². The van der Waals surface area contributed by atoms with Crippen molar-refractivity contribution < 1.29 is 4.74 Å². The zero-order chi connectivity index (χ0) is 13.7. The molecule has 1 N–H and O–H groups in total. The maximum atomic E-state index is 5.62. The van der Waals surface area contributed by atoms with Gasteiger partial charge in [-0.25, -0.2) is 9.97 Å². The van der Waals surface area contributed by atoms with Crippen LogP contribution >= 0.6 is 0 Å². The molecule has 1 aromatic heterocycles. The van der Waals surface area contributed by atoms with Crippen molar-refractivity contribution in [2.24, 2.45) is 5.92 Å². The molecule has 1 fully saturated rings. The SMILES string of the molecule is CCCNC(Cc1cc(OC(C)C)ncn1)C1CC1. The minimum atomic E-state index is 0.153. The van der Waals surface area contributed by atoms with Crippen LogP contribution in [-0.2, 0) is 6.42 Å². The van der Waals surface area contributed by atoms with Crippen molar-refractivity contribution in [3.8, 4) is 5.88 Å². The molecule has 1 saturated carbocycles. The fourth-order valence-corrected chi connectivity index (χ4v) is 2.25. The number of aromatic nitrogens is 2. The van der Waals surface area contributed by atoms with Gasteiger partial charge in [-0.1, -0.05) is 6.92 Å². The highest BCUT2D eigenvalue weighted by Crippen LogP contribution is 2.34. The molecule has 1 unspecified atom stereocenters. The monoisotopic (exact) mass is 263 g/mol. The lowest BCUT2D eigenvalue weighted by atomic mass is 10.1. The Bertz CT molecular complexity index is 391. The van der Waals surface area contributed by atoms with Crippen LogP contribution in [0.25, 0.3) is 0 Å². The van der Waals surface area contributed by atoms with Crippen molar-refractivity contribution in [2.75, 3.05) is 6.54 Å². The van der Waals surface area contributed by atoms with Gasteiger partial charge >= 0.3 is 0 Å². The highest BCUT2D eigenvalue weighted by molar-refractivity contribution is 5.15. The van der Waals surface area contributed by atoms with Crippen LogP contribution < -0.4 is 10.1 Å². The van der Waals surface area contributed by atoms with Gasteiger partial charge in [0, 0.05) is 24.2 Å². The molecule has 0 saturated heterocycles. The van der Waals surface area contributed by atoms with Crippen molar-refractivity contribution >= 4 is 0 Å². The zero-order valence-corrected chi connectivity index (χ0v) is 12.2. The summed E-state index contributed by atoms with van der Waals surface area (Å²) in [5, 5.41) is 3.64. The van der Waals surface area contributed by atoms with Gasteiger partial charge in [0.1, 0.15) is 6.33 Å². The van der Waals surface area contributed by atoms with Crippen molar-refractivity contribution in [1.29, 1.82) is 0 Å². The van der Waals surface area contributed by atoms with E-state index in [4.69, 9.17) is 4.74 Å². The van der Waals surface area contributed by atoms with Gasteiger partial charge in [0.25, 0.3) is 0 Å². The Morgan fingerprint density at radius 1 is 1.37 bits per heavy atom. The fourth-order valence-electron chi connectivity index (χ4n) is 2.25. The second-order valence-electron chi connectivity index (χ2n) is 5.62. The summed E-state index contributed by atoms with van der Waals surface area (Å²) >= 11 is 0. The molecule has 0 bridgehead atoms. The summed E-state index contributed by atoms with van der Waals surface area (Å²) < 4.78 is 5.62. The first-order valence-corrected chi connectivity index (χ1v) is 7.40. The third-order valence-corrected chi connectivity index (χ3v) is 3.33. The summed E-state index contributed by atoms with van der Waals surface area (Å²) in [7, 11) is 0. The largest absolute Gasteiger partial charge is 0.475 e. The van der Waals surface area contributed by atoms with Crippen LogP contribution in [0.5, 0.6) is 5.88 Å². The number of rotatable bonds is 8. The minimum Gasteiger partial charge on any atom is -0.475 e.